The third-order valence-corrected chi connectivity index (χ3v) is 4.14. The van der Waals surface area contributed by atoms with Crippen molar-refractivity contribution >= 4 is 34.6 Å². The summed E-state index contributed by atoms with van der Waals surface area (Å²) in [5, 5.41) is 9.16. The molecule has 0 saturated carbocycles. The minimum Gasteiger partial charge on any atom is -0.490 e. The summed E-state index contributed by atoms with van der Waals surface area (Å²) in [6.45, 7) is 0.650. The van der Waals surface area contributed by atoms with Crippen LogP contribution in [0.15, 0.2) is 35.6 Å². The minimum atomic E-state index is 0.650. The Labute approximate surface area is 136 Å². The van der Waals surface area contributed by atoms with E-state index in [4.69, 9.17) is 4.74 Å². The lowest BCUT2D eigenvalue weighted by atomic mass is 10.3. The highest BCUT2D eigenvalue weighted by atomic mass is 32.2. The predicted octanol–water partition coefficient (Wildman–Crippen LogP) is 2.67. The number of ether oxygens (including phenoxy) is 1. The topological polar surface area (TPSA) is 65.7 Å². The summed E-state index contributed by atoms with van der Waals surface area (Å²) in [5.41, 5.74) is 1.61. The van der Waals surface area contributed by atoms with Crippen molar-refractivity contribution in [2.45, 2.75) is 5.16 Å². The molecule has 0 saturated heterocycles. The first kappa shape index (κ1) is 15.1. The Hall–Kier alpha value is -1.80. The van der Waals surface area contributed by atoms with E-state index in [-0.39, 0.29) is 0 Å². The van der Waals surface area contributed by atoms with E-state index in [1.807, 2.05) is 30.5 Å². The van der Waals surface area contributed by atoms with E-state index in [2.05, 4.69) is 26.5 Å². The van der Waals surface area contributed by atoms with Crippen LogP contribution in [-0.2, 0) is 0 Å². The van der Waals surface area contributed by atoms with Crippen molar-refractivity contribution in [3.8, 4) is 11.6 Å². The van der Waals surface area contributed by atoms with Crippen molar-refractivity contribution < 1.29 is 4.74 Å². The lowest BCUT2D eigenvalue weighted by molar-refractivity contribution is 0.347. The number of aromatic nitrogens is 5. The molecule has 6 nitrogen and oxygen atoms in total. The van der Waals surface area contributed by atoms with Crippen molar-refractivity contribution in [3.63, 3.8) is 0 Å². The predicted molar refractivity (Wildman–Crippen MR) is 90.1 cm³/mol. The molecule has 0 aliphatic rings. The zero-order chi connectivity index (χ0) is 15.4. The molecule has 0 aliphatic heterocycles. The molecule has 0 radical (unpaired) electrons. The molecule has 8 heteroatoms. The molecule has 3 aromatic rings. The van der Waals surface area contributed by atoms with Gasteiger partial charge in [-0.25, -0.2) is 9.97 Å². The molecule has 0 bridgehead atoms. The Kier molecular flexibility index (Phi) is 4.79. The number of hydrogen-bond acceptors (Lipinski definition) is 7. The SMILES string of the molecule is CSCCOc1cccc2c1nnn2-c1ccnc(SC)n1. The molecular weight excluding hydrogens is 318 g/mol. The Bertz CT molecular complexity index is 777. The van der Waals surface area contributed by atoms with Crippen molar-refractivity contribution in [1.82, 2.24) is 25.0 Å². The van der Waals surface area contributed by atoms with Gasteiger partial charge in [-0.15, -0.1) is 5.10 Å². The molecule has 22 heavy (non-hydrogen) atoms. The lowest BCUT2D eigenvalue weighted by Gasteiger charge is -2.06. The number of rotatable bonds is 6. The summed E-state index contributed by atoms with van der Waals surface area (Å²) in [7, 11) is 0. The van der Waals surface area contributed by atoms with Crippen LogP contribution in [0.2, 0.25) is 0 Å². The van der Waals surface area contributed by atoms with Crippen LogP contribution in [0, 0.1) is 0 Å². The molecule has 0 atom stereocenters. The minimum absolute atomic E-state index is 0.650. The van der Waals surface area contributed by atoms with Gasteiger partial charge in [-0.1, -0.05) is 23.0 Å². The summed E-state index contributed by atoms with van der Waals surface area (Å²) in [6.07, 6.45) is 5.72. The molecule has 0 amide bonds. The van der Waals surface area contributed by atoms with Gasteiger partial charge in [0.15, 0.2) is 16.5 Å². The Morgan fingerprint density at radius 1 is 1.23 bits per heavy atom. The van der Waals surface area contributed by atoms with Gasteiger partial charge in [-0.3, -0.25) is 0 Å². The van der Waals surface area contributed by atoms with Gasteiger partial charge in [0, 0.05) is 18.0 Å². The molecule has 114 valence electrons. The second-order valence-electron chi connectivity index (χ2n) is 4.37. The van der Waals surface area contributed by atoms with Crippen LogP contribution in [-0.4, -0.2) is 49.8 Å². The van der Waals surface area contributed by atoms with Gasteiger partial charge >= 0.3 is 0 Å². The first-order valence-corrected chi connectivity index (χ1v) is 9.29. The fourth-order valence-electron chi connectivity index (χ4n) is 1.99. The smallest absolute Gasteiger partial charge is 0.189 e. The quantitative estimate of drug-likeness (QED) is 0.390. The van der Waals surface area contributed by atoms with Crippen molar-refractivity contribution in [2.75, 3.05) is 24.9 Å². The lowest BCUT2D eigenvalue weighted by Crippen LogP contribution is -2.02. The number of benzene rings is 1. The van der Waals surface area contributed by atoms with Crippen LogP contribution in [0.4, 0.5) is 0 Å². The molecule has 2 aromatic heterocycles. The summed E-state index contributed by atoms with van der Waals surface area (Å²) in [4.78, 5) is 8.64. The van der Waals surface area contributed by atoms with Gasteiger partial charge < -0.3 is 4.74 Å². The molecule has 0 fully saturated rings. The third-order valence-electron chi connectivity index (χ3n) is 3.00. The second kappa shape index (κ2) is 6.97. The van der Waals surface area contributed by atoms with Crippen LogP contribution < -0.4 is 4.74 Å². The van der Waals surface area contributed by atoms with E-state index in [9.17, 15) is 0 Å². The Balaban J connectivity index is 1.99. The van der Waals surface area contributed by atoms with E-state index >= 15 is 0 Å². The molecule has 0 unspecified atom stereocenters. The van der Waals surface area contributed by atoms with E-state index < -0.39 is 0 Å². The zero-order valence-corrected chi connectivity index (χ0v) is 13.9. The van der Waals surface area contributed by atoms with Crippen LogP contribution >= 0.6 is 23.5 Å². The Morgan fingerprint density at radius 2 is 2.14 bits per heavy atom. The highest BCUT2D eigenvalue weighted by Gasteiger charge is 2.12. The molecule has 0 N–H and O–H groups in total. The molecule has 0 aliphatic carbocycles. The van der Waals surface area contributed by atoms with E-state index in [0.717, 1.165) is 22.5 Å². The van der Waals surface area contributed by atoms with E-state index in [1.165, 1.54) is 11.8 Å². The average Bonchev–Trinajstić information content (AvgIpc) is 3.00. The standard InChI is InChI=1S/C14H15N5OS2/c1-21-9-8-20-11-5-3-4-10-13(11)17-18-19(10)12-6-7-15-14(16-12)22-2/h3-7H,8-9H2,1-2H3. The van der Waals surface area contributed by atoms with Crippen LogP contribution in [0.5, 0.6) is 5.75 Å². The molecule has 0 spiro atoms. The van der Waals surface area contributed by atoms with Crippen molar-refractivity contribution in [3.05, 3.63) is 30.5 Å². The third kappa shape index (κ3) is 3.02. The molecule has 1 aromatic carbocycles. The highest BCUT2D eigenvalue weighted by Crippen LogP contribution is 2.25. The van der Waals surface area contributed by atoms with E-state index in [0.29, 0.717) is 17.6 Å². The first-order valence-electron chi connectivity index (χ1n) is 6.67. The molecular formula is C14H15N5OS2. The largest absolute Gasteiger partial charge is 0.490 e. The van der Waals surface area contributed by atoms with Crippen LogP contribution in [0.1, 0.15) is 0 Å². The van der Waals surface area contributed by atoms with E-state index in [1.54, 1.807) is 22.6 Å². The maximum Gasteiger partial charge on any atom is 0.189 e. The van der Waals surface area contributed by atoms with Crippen LogP contribution in [0.3, 0.4) is 0 Å². The maximum atomic E-state index is 5.78. The molecule has 3 rings (SSSR count). The van der Waals surface area contributed by atoms with Gasteiger partial charge in [0.25, 0.3) is 0 Å². The highest BCUT2D eigenvalue weighted by molar-refractivity contribution is 7.98. The summed E-state index contributed by atoms with van der Waals surface area (Å²) in [6, 6.07) is 7.62. The average molecular weight is 333 g/mol. The van der Waals surface area contributed by atoms with Gasteiger partial charge in [0.1, 0.15) is 11.3 Å². The van der Waals surface area contributed by atoms with Gasteiger partial charge in [-0.05, 0) is 24.6 Å². The van der Waals surface area contributed by atoms with Crippen LogP contribution in [0.25, 0.3) is 16.9 Å². The van der Waals surface area contributed by atoms with Gasteiger partial charge in [-0.2, -0.15) is 16.4 Å². The monoisotopic (exact) mass is 333 g/mol. The van der Waals surface area contributed by atoms with Crippen molar-refractivity contribution in [1.29, 1.82) is 0 Å². The maximum absolute atomic E-state index is 5.78. The fourth-order valence-corrected chi connectivity index (χ4v) is 2.59. The zero-order valence-electron chi connectivity index (χ0n) is 12.3. The summed E-state index contributed by atoms with van der Waals surface area (Å²) >= 11 is 3.24. The first-order chi connectivity index (χ1) is 10.8. The van der Waals surface area contributed by atoms with Gasteiger partial charge in [0.2, 0.25) is 0 Å². The number of fused-ring (bicyclic) bond motifs is 1. The number of thioether (sulfide) groups is 2. The fraction of sp³-hybridized carbons (Fsp3) is 0.286. The second-order valence-corrected chi connectivity index (χ2v) is 6.13. The number of hydrogen-bond donors (Lipinski definition) is 0. The van der Waals surface area contributed by atoms with Gasteiger partial charge in [0.05, 0.1) is 6.61 Å². The normalized spacial score (nSPS) is 11.0. The van der Waals surface area contributed by atoms with Crippen molar-refractivity contribution in [2.24, 2.45) is 0 Å². The molecule has 2 heterocycles. The summed E-state index contributed by atoms with van der Waals surface area (Å²) < 4.78 is 7.49. The Morgan fingerprint density at radius 3 is 2.95 bits per heavy atom. The number of nitrogens with zero attached hydrogens (tertiary/aromatic N) is 5. The summed E-state index contributed by atoms with van der Waals surface area (Å²) in [5.74, 6) is 2.38.